The van der Waals surface area contributed by atoms with Gasteiger partial charge in [0.2, 0.25) is 5.91 Å². The molecule has 0 aliphatic heterocycles. The maximum Gasteiger partial charge on any atom is 0.220 e. The molecule has 1 amide bonds. The molecule has 49 heavy (non-hydrogen) atoms. The van der Waals surface area contributed by atoms with Crippen molar-refractivity contribution in [3.05, 3.63) is 48.6 Å². The number of allylic oxidation sites excluding steroid dienone is 7. The Kier molecular flexibility index (Phi) is 39.4. The van der Waals surface area contributed by atoms with Crippen molar-refractivity contribution in [3.63, 3.8) is 0 Å². The van der Waals surface area contributed by atoms with Crippen molar-refractivity contribution in [2.75, 3.05) is 6.61 Å². The topological polar surface area (TPSA) is 69.6 Å². The Morgan fingerprint density at radius 1 is 0.490 bits per heavy atom. The zero-order valence-electron chi connectivity index (χ0n) is 32.7. The van der Waals surface area contributed by atoms with Crippen LogP contribution in [0.1, 0.15) is 213 Å². The minimum atomic E-state index is -0.845. The van der Waals surface area contributed by atoms with Gasteiger partial charge in [0.25, 0.3) is 0 Å². The summed E-state index contributed by atoms with van der Waals surface area (Å²) in [6, 6.07) is -0.629. The first-order valence-corrected chi connectivity index (χ1v) is 21.4. The number of hydrogen-bond acceptors (Lipinski definition) is 3. The Labute approximate surface area is 305 Å². The maximum absolute atomic E-state index is 12.4. The van der Waals surface area contributed by atoms with Crippen molar-refractivity contribution < 1.29 is 15.0 Å². The quantitative estimate of drug-likeness (QED) is 0.0447. The average molecular weight is 686 g/mol. The third kappa shape index (κ3) is 37.4. The second-order valence-corrected chi connectivity index (χ2v) is 14.4. The van der Waals surface area contributed by atoms with E-state index in [4.69, 9.17) is 0 Å². The molecule has 0 saturated heterocycles. The van der Waals surface area contributed by atoms with E-state index >= 15 is 0 Å². The van der Waals surface area contributed by atoms with E-state index < -0.39 is 12.1 Å². The predicted molar refractivity (Wildman–Crippen MR) is 216 cm³/mol. The summed E-state index contributed by atoms with van der Waals surface area (Å²) >= 11 is 0. The number of aliphatic hydroxyl groups is 2. The molecule has 2 atom stereocenters. The van der Waals surface area contributed by atoms with E-state index in [1.165, 1.54) is 141 Å². The van der Waals surface area contributed by atoms with E-state index in [9.17, 15) is 15.0 Å². The van der Waals surface area contributed by atoms with E-state index in [1.54, 1.807) is 6.08 Å². The maximum atomic E-state index is 12.4. The van der Waals surface area contributed by atoms with Crippen molar-refractivity contribution in [1.82, 2.24) is 5.32 Å². The molecule has 0 fully saturated rings. The van der Waals surface area contributed by atoms with Crippen molar-refractivity contribution in [2.24, 2.45) is 0 Å². The molecule has 4 nitrogen and oxygen atoms in total. The summed E-state index contributed by atoms with van der Waals surface area (Å²) in [5.41, 5.74) is 0. The smallest absolute Gasteiger partial charge is 0.220 e. The fraction of sp³-hybridized carbons (Fsp3) is 0.800. The molecule has 0 aromatic carbocycles. The summed E-state index contributed by atoms with van der Waals surface area (Å²) in [4.78, 5) is 12.4. The molecule has 0 heterocycles. The highest BCUT2D eigenvalue weighted by Gasteiger charge is 2.17. The zero-order valence-corrected chi connectivity index (χ0v) is 32.7. The summed E-state index contributed by atoms with van der Waals surface area (Å²) in [5.74, 6) is -0.0773. The lowest BCUT2D eigenvalue weighted by Gasteiger charge is -2.20. The molecular weight excluding hydrogens is 602 g/mol. The molecule has 0 aliphatic rings. The van der Waals surface area contributed by atoms with Gasteiger partial charge in [-0.3, -0.25) is 4.79 Å². The number of aliphatic hydroxyl groups excluding tert-OH is 2. The minimum absolute atomic E-state index is 0.0773. The highest BCUT2D eigenvalue weighted by atomic mass is 16.3. The number of rotatable bonds is 38. The molecule has 0 rings (SSSR count). The summed E-state index contributed by atoms with van der Waals surface area (Å²) < 4.78 is 0. The van der Waals surface area contributed by atoms with Crippen LogP contribution in [0.5, 0.6) is 0 Å². The number of carbonyl (C=O) groups excluding carboxylic acids is 1. The van der Waals surface area contributed by atoms with E-state index in [0.717, 1.165) is 51.4 Å². The second-order valence-electron chi connectivity index (χ2n) is 14.4. The lowest BCUT2D eigenvalue weighted by Crippen LogP contribution is -2.45. The van der Waals surface area contributed by atoms with E-state index in [0.29, 0.717) is 6.42 Å². The van der Waals surface area contributed by atoms with Gasteiger partial charge < -0.3 is 15.5 Å². The van der Waals surface area contributed by atoms with Gasteiger partial charge >= 0.3 is 0 Å². The van der Waals surface area contributed by atoms with Crippen molar-refractivity contribution >= 4 is 5.91 Å². The number of nitrogens with one attached hydrogen (secondary N) is 1. The van der Waals surface area contributed by atoms with Gasteiger partial charge in [-0.25, -0.2) is 0 Å². The van der Waals surface area contributed by atoms with Crippen LogP contribution in [-0.2, 0) is 4.79 Å². The molecule has 0 aromatic rings. The molecule has 0 saturated carbocycles. The fourth-order valence-electron chi connectivity index (χ4n) is 6.24. The Morgan fingerprint density at radius 2 is 0.837 bits per heavy atom. The molecule has 0 spiro atoms. The van der Waals surface area contributed by atoms with Crippen molar-refractivity contribution in [2.45, 2.75) is 225 Å². The number of hydrogen-bond donors (Lipinski definition) is 3. The van der Waals surface area contributed by atoms with Crippen LogP contribution in [0, 0.1) is 0 Å². The minimum Gasteiger partial charge on any atom is -0.394 e. The highest BCUT2D eigenvalue weighted by Crippen LogP contribution is 2.15. The molecule has 286 valence electrons. The highest BCUT2D eigenvalue weighted by molar-refractivity contribution is 5.76. The zero-order chi connectivity index (χ0) is 35.7. The largest absolute Gasteiger partial charge is 0.394 e. The van der Waals surface area contributed by atoms with Gasteiger partial charge in [0.1, 0.15) is 0 Å². The van der Waals surface area contributed by atoms with Gasteiger partial charge in [-0.2, -0.15) is 0 Å². The van der Waals surface area contributed by atoms with Crippen LogP contribution in [0.15, 0.2) is 48.6 Å². The monoisotopic (exact) mass is 686 g/mol. The van der Waals surface area contributed by atoms with E-state index in [-0.39, 0.29) is 12.5 Å². The standard InChI is InChI=1S/C45H83NO3/c1-3-5-7-9-11-13-15-17-19-21-23-25-27-29-31-33-35-37-39-41-45(49)46-43(42-47)44(48)40-38-36-34-32-30-28-26-24-22-20-18-16-14-12-10-8-6-4-2/h11,13,17,19,23,25,38,40,43-44,47-48H,3-10,12,14-16,18,20-22,24,26-37,39,41-42H2,1-2H3,(H,46,49)/b13-11-,19-17-,25-23-,40-38+. The molecule has 4 heteroatoms. The van der Waals surface area contributed by atoms with Crippen LogP contribution < -0.4 is 5.32 Å². The number of carbonyl (C=O) groups is 1. The van der Waals surface area contributed by atoms with E-state index in [1.807, 2.05) is 6.08 Å². The van der Waals surface area contributed by atoms with E-state index in [2.05, 4.69) is 55.6 Å². The number of unbranched alkanes of at least 4 members (excludes halogenated alkanes) is 25. The fourth-order valence-corrected chi connectivity index (χ4v) is 6.24. The first-order chi connectivity index (χ1) is 24.2. The lowest BCUT2D eigenvalue weighted by atomic mass is 10.0. The van der Waals surface area contributed by atoms with Gasteiger partial charge in [-0.1, -0.05) is 197 Å². The van der Waals surface area contributed by atoms with Crippen molar-refractivity contribution in [3.8, 4) is 0 Å². The van der Waals surface area contributed by atoms with Crippen LogP contribution in [0.25, 0.3) is 0 Å². The van der Waals surface area contributed by atoms with Crippen LogP contribution in [0.2, 0.25) is 0 Å². The van der Waals surface area contributed by atoms with Gasteiger partial charge in [-0.15, -0.1) is 0 Å². The third-order valence-corrected chi connectivity index (χ3v) is 9.56. The summed E-state index contributed by atoms with van der Waals surface area (Å²) in [7, 11) is 0. The first kappa shape index (κ1) is 47.4. The number of amides is 1. The van der Waals surface area contributed by atoms with Gasteiger partial charge in [0.05, 0.1) is 18.8 Å². The molecule has 0 bridgehead atoms. The average Bonchev–Trinajstić information content (AvgIpc) is 3.10. The Hall–Kier alpha value is -1.65. The van der Waals surface area contributed by atoms with Crippen LogP contribution >= 0.6 is 0 Å². The Balaban J connectivity index is 3.62. The molecule has 3 N–H and O–H groups in total. The van der Waals surface area contributed by atoms with Gasteiger partial charge in [0.15, 0.2) is 0 Å². The SMILES string of the molecule is CCCCC/C=C\C/C=C\C/C=C\CCCCCCCCC(=O)NC(CO)C(O)/C=C/CCCCCCCCCCCCCCCCCC. The molecular formula is C45H83NO3. The summed E-state index contributed by atoms with van der Waals surface area (Å²) in [6.07, 6.45) is 54.9. The third-order valence-electron chi connectivity index (χ3n) is 9.56. The lowest BCUT2D eigenvalue weighted by molar-refractivity contribution is -0.123. The van der Waals surface area contributed by atoms with Crippen LogP contribution in [0.3, 0.4) is 0 Å². The normalized spacial score (nSPS) is 13.5. The van der Waals surface area contributed by atoms with Gasteiger partial charge in [0, 0.05) is 6.42 Å². The molecule has 0 aromatic heterocycles. The van der Waals surface area contributed by atoms with Gasteiger partial charge in [-0.05, 0) is 57.8 Å². The van der Waals surface area contributed by atoms with Crippen LogP contribution in [0.4, 0.5) is 0 Å². The molecule has 2 unspecified atom stereocenters. The molecule has 0 radical (unpaired) electrons. The second kappa shape index (κ2) is 40.8. The Bertz CT molecular complexity index is 786. The Morgan fingerprint density at radius 3 is 1.29 bits per heavy atom. The van der Waals surface area contributed by atoms with Crippen LogP contribution in [-0.4, -0.2) is 34.9 Å². The summed E-state index contributed by atoms with van der Waals surface area (Å²) in [6.45, 7) is 4.28. The van der Waals surface area contributed by atoms with Crippen molar-refractivity contribution in [1.29, 1.82) is 0 Å². The summed E-state index contributed by atoms with van der Waals surface area (Å²) in [5, 5.41) is 23.0. The predicted octanol–water partition coefficient (Wildman–Crippen LogP) is 13.2. The first-order valence-electron chi connectivity index (χ1n) is 21.4. The molecule has 0 aliphatic carbocycles.